The van der Waals surface area contributed by atoms with Gasteiger partial charge in [-0.15, -0.1) is 0 Å². The number of anilines is 2. The Kier molecular flexibility index (Phi) is 5.62. The van der Waals surface area contributed by atoms with Crippen molar-refractivity contribution in [3.05, 3.63) is 60.7 Å². The van der Waals surface area contributed by atoms with Crippen molar-refractivity contribution in [3.63, 3.8) is 0 Å². The molecule has 1 fully saturated rings. The van der Waals surface area contributed by atoms with E-state index in [2.05, 4.69) is 4.90 Å². The van der Waals surface area contributed by atoms with Crippen LogP contribution in [0.4, 0.5) is 11.4 Å². The first kappa shape index (κ1) is 21.6. The molecule has 172 valence electrons. The van der Waals surface area contributed by atoms with Gasteiger partial charge in [0.25, 0.3) is 10.0 Å². The summed E-state index contributed by atoms with van der Waals surface area (Å²) in [6.07, 6.45) is 0.808. The molecule has 7 nitrogen and oxygen atoms in total. The minimum atomic E-state index is -3.58. The quantitative estimate of drug-likeness (QED) is 0.557. The fraction of sp³-hybridized carbons (Fsp3) is 0.320. The number of methoxy groups -OCH3 is 1. The van der Waals surface area contributed by atoms with Crippen molar-refractivity contribution >= 4 is 38.1 Å². The normalized spacial score (nSPS) is 16.9. The van der Waals surface area contributed by atoms with Crippen LogP contribution in [-0.4, -0.2) is 59.1 Å². The van der Waals surface area contributed by atoms with Crippen molar-refractivity contribution in [2.24, 2.45) is 0 Å². The second-order valence-corrected chi connectivity index (χ2v) is 10.2. The maximum absolute atomic E-state index is 13.1. The lowest BCUT2D eigenvalue weighted by atomic mass is 10.1. The second kappa shape index (κ2) is 8.59. The third kappa shape index (κ3) is 3.78. The van der Waals surface area contributed by atoms with Gasteiger partial charge in [-0.3, -0.25) is 9.10 Å². The molecule has 2 aliphatic heterocycles. The van der Waals surface area contributed by atoms with Crippen LogP contribution in [0.2, 0.25) is 0 Å². The number of ether oxygens (including phenoxy) is 1. The van der Waals surface area contributed by atoms with E-state index in [0.717, 1.165) is 35.3 Å². The van der Waals surface area contributed by atoms with Gasteiger partial charge in [0.2, 0.25) is 5.91 Å². The average molecular weight is 466 g/mol. The van der Waals surface area contributed by atoms with Crippen LogP contribution >= 0.6 is 0 Å². The largest absolute Gasteiger partial charge is 0.495 e. The molecule has 0 atom stereocenters. The number of piperazine rings is 1. The van der Waals surface area contributed by atoms with Gasteiger partial charge in [0.1, 0.15) is 5.75 Å². The molecule has 33 heavy (non-hydrogen) atoms. The molecular weight excluding hydrogens is 438 g/mol. The van der Waals surface area contributed by atoms with E-state index < -0.39 is 10.0 Å². The lowest BCUT2D eigenvalue weighted by Crippen LogP contribution is -2.49. The molecule has 1 amide bonds. The number of sulfonamides is 1. The van der Waals surface area contributed by atoms with Crippen LogP contribution in [0.1, 0.15) is 12.8 Å². The molecule has 0 saturated carbocycles. The standard InChI is InChI=1S/C25H27N3O4S/c1-32-22-11-3-2-9-20(22)26-15-17-27(18-16-26)24(29)13-6-14-28-21-10-4-7-19-8-5-12-23(25(19)21)33(28,30)31/h2-5,7-12H,6,13-18H2,1H3. The highest BCUT2D eigenvalue weighted by atomic mass is 32.2. The van der Waals surface area contributed by atoms with Crippen LogP contribution in [-0.2, 0) is 14.8 Å². The Morgan fingerprint density at radius 1 is 0.909 bits per heavy atom. The predicted molar refractivity (Wildman–Crippen MR) is 130 cm³/mol. The summed E-state index contributed by atoms with van der Waals surface area (Å²) in [5.41, 5.74) is 1.75. The van der Waals surface area contributed by atoms with Crippen LogP contribution in [0.15, 0.2) is 65.6 Å². The van der Waals surface area contributed by atoms with E-state index >= 15 is 0 Å². The van der Waals surface area contributed by atoms with Crippen LogP contribution in [0.25, 0.3) is 10.8 Å². The molecule has 0 spiro atoms. The first-order valence-electron chi connectivity index (χ1n) is 11.2. The monoisotopic (exact) mass is 465 g/mol. The summed E-state index contributed by atoms with van der Waals surface area (Å²) in [5.74, 6) is 0.905. The number of carbonyl (C=O) groups is 1. The van der Waals surface area contributed by atoms with E-state index in [9.17, 15) is 13.2 Å². The van der Waals surface area contributed by atoms with Crippen molar-refractivity contribution in [2.75, 3.05) is 49.0 Å². The predicted octanol–water partition coefficient (Wildman–Crippen LogP) is 3.49. The average Bonchev–Trinajstić information content (AvgIpc) is 3.07. The number of rotatable bonds is 6. The Bertz CT molecular complexity index is 1290. The zero-order valence-corrected chi connectivity index (χ0v) is 19.4. The van der Waals surface area contributed by atoms with Crippen molar-refractivity contribution in [1.29, 1.82) is 0 Å². The SMILES string of the molecule is COc1ccccc1N1CCN(C(=O)CCCN2c3cccc4cccc(c34)S2(=O)=O)CC1. The smallest absolute Gasteiger partial charge is 0.265 e. The molecule has 3 aromatic carbocycles. The fourth-order valence-corrected chi connectivity index (χ4v) is 6.57. The molecule has 2 heterocycles. The van der Waals surface area contributed by atoms with Crippen molar-refractivity contribution in [1.82, 2.24) is 4.90 Å². The molecule has 5 rings (SSSR count). The number of hydrogen-bond donors (Lipinski definition) is 0. The third-order valence-corrected chi connectivity index (χ3v) is 8.35. The summed E-state index contributed by atoms with van der Waals surface area (Å²) in [4.78, 5) is 17.3. The van der Waals surface area contributed by atoms with Gasteiger partial charge >= 0.3 is 0 Å². The van der Waals surface area contributed by atoms with Gasteiger partial charge in [0, 0.05) is 44.5 Å². The number of para-hydroxylation sites is 2. The van der Waals surface area contributed by atoms with E-state index in [1.165, 1.54) is 4.31 Å². The minimum Gasteiger partial charge on any atom is -0.495 e. The summed E-state index contributed by atoms with van der Waals surface area (Å²) >= 11 is 0. The highest BCUT2D eigenvalue weighted by Crippen LogP contribution is 2.42. The third-order valence-electron chi connectivity index (χ3n) is 6.49. The topological polar surface area (TPSA) is 70.2 Å². The van der Waals surface area contributed by atoms with Crippen molar-refractivity contribution in [2.45, 2.75) is 17.7 Å². The lowest BCUT2D eigenvalue weighted by molar-refractivity contribution is -0.131. The van der Waals surface area contributed by atoms with Gasteiger partial charge in [-0.05, 0) is 36.1 Å². The van der Waals surface area contributed by atoms with Crippen LogP contribution < -0.4 is 13.9 Å². The van der Waals surface area contributed by atoms with Gasteiger partial charge in [-0.1, -0.05) is 36.4 Å². The number of nitrogens with zero attached hydrogens (tertiary/aromatic N) is 3. The molecule has 8 heteroatoms. The zero-order valence-electron chi connectivity index (χ0n) is 18.6. The molecule has 0 aliphatic carbocycles. The van der Waals surface area contributed by atoms with Gasteiger partial charge < -0.3 is 14.5 Å². The molecule has 1 saturated heterocycles. The Hall–Kier alpha value is -3.26. The van der Waals surface area contributed by atoms with Crippen molar-refractivity contribution < 1.29 is 17.9 Å². The Balaban J connectivity index is 1.19. The molecule has 0 unspecified atom stereocenters. The maximum Gasteiger partial charge on any atom is 0.265 e. The number of carbonyl (C=O) groups excluding carboxylic acids is 1. The highest BCUT2D eigenvalue weighted by molar-refractivity contribution is 7.93. The van der Waals surface area contributed by atoms with E-state index in [0.29, 0.717) is 43.1 Å². The first-order chi connectivity index (χ1) is 16.0. The second-order valence-electron chi connectivity index (χ2n) is 8.35. The molecule has 2 aliphatic rings. The van der Waals surface area contributed by atoms with Crippen LogP contribution in [0.5, 0.6) is 5.75 Å². The molecule has 0 N–H and O–H groups in total. The Labute approximate surface area is 194 Å². The Morgan fingerprint density at radius 3 is 2.36 bits per heavy atom. The number of benzene rings is 3. The summed E-state index contributed by atoms with van der Waals surface area (Å²) in [5, 5.41) is 1.69. The number of hydrogen-bond acceptors (Lipinski definition) is 5. The zero-order chi connectivity index (χ0) is 23.0. The van der Waals surface area contributed by atoms with Gasteiger partial charge in [0.15, 0.2) is 0 Å². The Morgan fingerprint density at radius 2 is 1.61 bits per heavy atom. The van der Waals surface area contributed by atoms with E-state index in [1.807, 2.05) is 53.4 Å². The van der Waals surface area contributed by atoms with E-state index in [-0.39, 0.29) is 5.91 Å². The maximum atomic E-state index is 13.1. The van der Waals surface area contributed by atoms with Gasteiger partial charge in [-0.2, -0.15) is 0 Å². The lowest BCUT2D eigenvalue weighted by Gasteiger charge is -2.36. The summed E-state index contributed by atoms with van der Waals surface area (Å²) in [6, 6.07) is 18.9. The van der Waals surface area contributed by atoms with Crippen molar-refractivity contribution in [3.8, 4) is 5.75 Å². The first-order valence-corrected chi connectivity index (χ1v) is 12.6. The van der Waals surface area contributed by atoms with Gasteiger partial charge in [0.05, 0.1) is 23.4 Å². The minimum absolute atomic E-state index is 0.0713. The molecule has 0 bridgehead atoms. The fourth-order valence-electron chi connectivity index (χ4n) is 4.82. The van der Waals surface area contributed by atoms with Crippen LogP contribution in [0.3, 0.4) is 0 Å². The summed E-state index contributed by atoms with van der Waals surface area (Å²) in [7, 11) is -1.91. The molecular formula is C25H27N3O4S. The number of amides is 1. The molecule has 0 radical (unpaired) electrons. The summed E-state index contributed by atoms with van der Waals surface area (Å²) < 4.78 is 33.1. The van der Waals surface area contributed by atoms with Gasteiger partial charge in [-0.25, -0.2) is 8.42 Å². The van der Waals surface area contributed by atoms with E-state index in [1.54, 1.807) is 19.2 Å². The highest BCUT2D eigenvalue weighted by Gasteiger charge is 2.35. The van der Waals surface area contributed by atoms with E-state index in [4.69, 9.17) is 4.74 Å². The summed E-state index contributed by atoms with van der Waals surface area (Å²) in [6.45, 7) is 3.06. The molecule has 0 aromatic heterocycles. The molecule has 3 aromatic rings. The van der Waals surface area contributed by atoms with Crippen LogP contribution in [0, 0.1) is 0 Å².